The van der Waals surface area contributed by atoms with Crippen LogP contribution in [0.15, 0.2) is 40.8 Å². The molecule has 0 aliphatic carbocycles. The summed E-state index contributed by atoms with van der Waals surface area (Å²) in [6.07, 6.45) is 3.27. The molecule has 0 aliphatic heterocycles. The molecule has 0 amide bonds. The lowest BCUT2D eigenvalue weighted by molar-refractivity contribution is 0.400. The van der Waals surface area contributed by atoms with Gasteiger partial charge in [0.2, 0.25) is 0 Å². The van der Waals surface area contributed by atoms with E-state index in [0.29, 0.717) is 11.6 Å². The Hall–Kier alpha value is -1.82. The lowest BCUT2D eigenvalue weighted by atomic mass is 10.5. The summed E-state index contributed by atoms with van der Waals surface area (Å²) in [7, 11) is 1.61. The molecule has 6 heteroatoms. The highest BCUT2D eigenvalue weighted by molar-refractivity contribution is 7.99. The fourth-order valence-corrected chi connectivity index (χ4v) is 2.24. The van der Waals surface area contributed by atoms with Crippen LogP contribution in [-0.4, -0.2) is 28.6 Å². The molecule has 0 aliphatic rings. The SMILES string of the molecule is CCNc1ncnc(Sc2ccccn2)c1OC. The van der Waals surface area contributed by atoms with Gasteiger partial charge in [0.1, 0.15) is 16.4 Å². The number of hydrogen-bond donors (Lipinski definition) is 1. The molecule has 0 fully saturated rings. The number of aromatic nitrogens is 3. The highest BCUT2D eigenvalue weighted by Crippen LogP contribution is 2.35. The summed E-state index contributed by atoms with van der Waals surface area (Å²) in [5, 5.41) is 4.77. The van der Waals surface area contributed by atoms with E-state index in [-0.39, 0.29) is 0 Å². The zero-order valence-corrected chi connectivity index (χ0v) is 11.1. The molecule has 0 atom stereocenters. The smallest absolute Gasteiger partial charge is 0.194 e. The maximum atomic E-state index is 5.37. The van der Waals surface area contributed by atoms with E-state index >= 15 is 0 Å². The summed E-state index contributed by atoms with van der Waals surface area (Å²) < 4.78 is 5.37. The van der Waals surface area contributed by atoms with Crippen molar-refractivity contribution in [3.05, 3.63) is 30.7 Å². The van der Waals surface area contributed by atoms with Crippen LogP contribution >= 0.6 is 11.8 Å². The van der Waals surface area contributed by atoms with Gasteiger partial charge in [-0.2, -0.15) is 0 Å². The maximum absolute atomic E-state index is 5.37. The van der Waals surface area contributed by atoms with Crippen molar-refractivity contribution in [2.24, 2.45) is 0 Å². The molecular weight excluding hydrogens is 248 g/mol. The molecule has 94 valence electrons. The summed E-state index contributed by atoms with van der Waals surface area (Å²) in [4.78, 5) is 12.6. The highest BCUT2D eigenvalue weighted by Gasteiger charge is 2.13. The first-order valence-corrected chi connectivity index (χ1v) is 6.38. The normalized spacial score (nSPS) is 10.1. The standard InChI is InChI=1S/C12H14N4OS/c1-3-13-11-10(17-2)12(16-8-15-11)18-9-6-4-5-7-14-9/h4-8H,3H2,1-2H3,(H,13,15,16). The molecule has 0 aromatic carbocycles. The van der Waals surface area contributed by atoms with E-state index in [9.17, 15) is 0 Å². The van der Waals surface area contributed by atoms with Gasteiger partial charge in [-0.05, 0) is 30.8 Å². The predicted molar refractivity (Wildman–Crippen MR) is 71.1 cm³/mol. The van der Waals surface area contributed by atoms with Crippen LogP contribution in [-0.2, 0) is 0 Å². The van der Waals surface area contributed by atoms with E-state index < -0.39 is 0 Å². The zero-order chi connectivity index (χ0) is 12.8. The lowest BCUT2D eigenvalue weighted by Crippen LogP contribution is -2.03. The third-order valence-corrected chi connectivity index (χ3v) is 3.09. The first-order chi connectivity index (χ1) is 8.85. The summed E-state index contributed by atoms with van der Waals surface area (Å²) >= 11 is 1.45. The number of rotatable bonds is 5. The highest BCUT2D eigenvalue weighted by atomic mass is 32.2. The topological polar surface area (TPSA) is 59.9 Å². The Morgan fingerprint density at radius 2 is 2.17 bits per heavy atom. The largest absolute Gasteiger partial charge is 0.490 e. The second kappa shape index (κ2) is 6.20. The molecule has 0 radical (unpaired) electrons. The number of ether oxygens (including phenoxy) is 1. The van der Waals surface area contributed by atoms with Crippen molar-refractivity contribution in [3.8, 4) is 5.75 Å². The molecule has 18 heavy (non-hydrogen) atoms. The van der Waals surface area contributed by atoms with Crippen molar-refractivity contribution < 1.29 is 4.74 Å². The molecule has 0 saturated carbocycles. The molecule has 2 aromatic rings. The Labute approximate surface area is 110 Å². The van der Waals surface area contributed by atoms with Crippen LogP contribution in [0, 0.1) is 0 Å². The van der Waals surface area contributed by atoms with Crippen LogP contribution in [0.3, 0.4) is 0 Å². The Kier molecular flexibility index (Phi) is 4.35. The fourth-order valence-electron chi connectivity index (χ4n) is 1.41. The first-order valence-electron chi connectivity index (χ1n) is 5.57. The molecular formula is C12H14N4OS. The Morgan fingerprint density at radius 1 is 1.28 bits per heavy atom. The Balaban J connectivity index is 2.30. The number of hydrogen-bond acceptors (Lipinski definition) is 6. The number of nitrogens with one attached hydrogen (secondary N) is 1. The summed E-state index contributed by atoms with van der Waals surface area (Å²) in [5.74, 6) is 1.35. The molecule has 0 saturated heterocycles. The zero-order valence-electron chi connectivity index (χ0n) is 10.3. The van der Waals surface area contributed by atoms with E-state index in [0.717, 1.165) is 16.6 Å². The average Bonchev–Trinajstić information content (AvgIpc) is 2.41. The number of nitrogens with zero attached hydrogens (tertiary/aromatic N) is 3. The van der Waals surface area contributed by atoms with E-state index in [4.69, 9.17) is 4.74 Å². The van der Waals surface area contributed by atoms with Gasteiger partial charge in [-0.1, -0.05) is 6.07 Å². The third kappa shape index (κ3) is 2.89. The fraction of sp³-hybridized carbons (Fsp3) is 0.250. The molecule has 1 N–H and O–H groups in total. The Bertz CT molecular complexity index is 507. The van der Waals surface area contributed by atoms with Gasteiger partial charge in [-0.3, -0.25) is 0 Å². The number of anilines is 1. The second-order valence-corrected chi connectivity index (χ2v) is 4.37. The molecule has 2 rings (SSSR count). The summed E-state index contributed by atoms with van der Waals surface area (Å²) in [6, 6.07) is 5.75. The van der Waals surface area contributed by atoms with Gasteiger partial charge in [0.05, 0.1) is 7.11 Å². The molecule has 2 aromatic heterocycles. The number of pyridine rings is 1. The van der Waals surface area contributed by atoms with Crippen LogP contribution in [0.5, 0.6) is 5.75 Å². The molecule has 0 bridgehead atoms. The average molecular weight is 262 g/mol. The van der Waals surface area contributed by atoms with Crippen molar-refractivity contribution in [1.82, 2.24) is 15.0 Å². The van der Waals surface area contributed by atoms with Gasteiger partial charge in [0.25, 0.3) is 0 Å². The maximum Gasteiger partial charge on any atom is 0.194 e. The van der Waals surface area contributed by atoms with Crippen molar-refractivity contribution in [2.45, 2.75) is 17.0 Å². The van der Waals surface area contributed by atoms with Crippen molar-refractivity contribution in [2.75, 3.05) is 19.0 Å². The molecule has 0 spiro atoms. The minimum atomic E-state index is 0.648. The minimum Gasteiger partial charge on any atom is -0.490 e. The quantitative estimate of drug-likeness (QED) is 0.835. The van der Waals surface area contributed by atoms with Crippen molar-refractivity contribution in [1.29, 1.82) is 0 Å². The second-order valence-electron chi connectivity index (χ2n) is 3.36. The molecule has 0 unspecified atom stereocenters. The Morgan fingerprint density at radius 3 is 2.83 bits per heavy atom. The van der Waals surface area contributed by atoms with Crippen LogP contribution in [0.2, 0.25) is 0 Å². The monoisotopic (exact) mass is 262 g/mol. The summed E-state index contributed by atoms with van der Waals surface area (Å²) in [6.45, 7) is 2.79. The molecule has 5 nitrogen and oxygen atoms in total. The van der Waals surface area contributed by atoms with E-state index in [2.05, 4.69) is 20.3 Å². The minimum absolute atomic E-state index is 0.648. The van der Waals surface area contributed by atoms with Gasteiger partial charge in [-0.15, -0.1) is 0 Å². The van der Waals surface area contributed by atoms with Gasteiger partial charge in [-0.25, -0.2) is 15.0 Å². The van der Waals surface area contributed by atoms with Crippen LogP contribution < -0.4 is 10.1 Å². The predicted octanol–water partition coefficient (Wildman–Crippen LogP) is 2.46. The molecule has 2 heterocycles. The van der Waals surface area contributed by atoms with Gasteiger partial charge < -0.3 is 10.1 Å². The third-order valence-electron chi connectivity index (χ3n) is 2.16. The van der Waals surface area contributed by atoms with Crippen LogP contribution in [0.25, 0.3) is 0 Å². The summed E-state index contributed by atoms with van der Waals surface area (Å²) in [5.41, 5.74) is 0. The van der Waals surface area contributed by atoms with Crippen LogP contribution in [0.1, 0.15) is 6.92 Å². The first kappa shape index (κ1) is 12.6. The van der Waals surface area contributed by atoms with Crippen molar-refractivity contribution >= 4 is 17.6 Å². The van der Waals surface area contributed by atoms with Crippen LogP contribution in [0.4, 0.5) is 5.82 Å². The number of methoxy groups -OCH3 is 1. The van der Waals surface area contributed by atoms with Crippen molar-refractivity contribution in [3.63, 3.8) is 0 Å². The lowest BCUT2D eigenvalue weighted by Gasteiger charge is -2.11. The van der Waals surface area contributed by atoms with E-state index in [1.807, 2.05) is 25.1 Å². The van der Waals surface area contributed by atoms with E-state index in [1.165, 1.54) is 18.1 Å². The van der Waals surface area contributed by atoms with E-state index in [1.54, 1.807) is 13.3 Å². The van der Waals surface area contributed by atoms with Gasteiger partial charge in [0.15, 0.2) is 11.6 Å². The van der Waals surface area contributed by atoms with Gasteiger partial charge >= 0.3 is 0 Å². The van der Waals surface area contributed by atoms with Gasteiger partial charge in [0, 0.05) is 12.7 Å².